The summed E-state index contributed by atoms with van der Waals surface area (Å²) in [6, 6.07) is 5.72. The summed E-state index contributed by atoms with van der Waals surface area (Å²) in [6.07, 6.45) is 2.28. The smallest absolute Gasteiger partial charge is 0.145 e. The van der Waals surface area contributed by atoms with E-state index in [4.69, 9.17) is 14.2 Å². The molecule has 1 aromatic rings. The summed E-state index contributed by atoms with van der Waals surface area (Å²) >= 11 is 0. The lowest BCUT2D eigenvalue weighted by Crippen LogP contribution is -2.10. The molecular formula is C14H23NO3. The maximum atomic E-state index is 5.49. The molecule has 0 aromatic heterocycles. The second-order valence-electron chi connectivity index (χ2n) is 3.96. The molecule has 0 aliphatic carbocycles. The second-order valence-corrected chi connectivity index (χ2v) is 3.96. The lowest BCUT2D eigenvalue weighted by atomic mass is 10.2. The minimum atomic E-state index is 0.704. The van der Waals surface area contributed by atoms with Crippen molar-refractivity contribution in [2.75, 3.05) is 39.3 Å². The van der Waals surface area contributed by atoms with Gasteiger partial charge in [0, 0.05) is 19.2 Å². The number of ether oxygens (including phenoxy) is 3. The Morgan fingerprint density at radius 1 is 1.11 bits per heavy atom. The Labute approximate surface area is 109 Å². The molecule has 1 rings (SSSR count). The fourth-order valence-electron chi connectivity index (χ4n) is 1.55. The topological polar surface area (TPSA) is 39.7 Å². The van der Waals surface area contributed by atoms with Crippen molar-refractivity contribution >= 4 is 5.69 Å². The van der Waals surface area contributed by atoms with E-state index in [0.29, 0.717) is 6.61 Å². The van der Waals surface area contributed by atoms with Gasteiger partial charge in [-0.05, 0) is 18.6 Å². The predicted octanol–water partition coefficient (Wildman–Crippen LogP) is 2.93. The van der Waals surface area contributed by atoms with Crippen LogP contribution in [0, 0.1) is 0 Å². The minimum absolute atomic E-state index is 0.704. The third-order valence-corrected chi connectivity index (χ3v) is 2.61. The average Bonchev–Trinajstić information content (AvgIpc) is 2.42. The number of anilines is 1. The fraction of sp³-hybridized carbons (Fsp3) is 0.571. The number of rotatable bonds is 9. The maximum Gasteiger partial charge on any atom is 0.145 e. The molecule has 0 saturated carbocycles. The number of unbranched alkanes of at least 4 members (excludes halogenated alkanes) is 1. The van der Waals surface area contributed by atoms with Crippen LogP contribution in [-0.4, -0.2) is 34.0 Å². The Morgan fingerprint density at radius 3 is 2.61 bits per heavy atom. The summed E-state index contributed by atoms with van der Waals surface area (Å²) in [6.45, 7) is 4.46. The summed E-state index contributed by atoms with van der Waals surface area (Å²) in [5.41, 5.74) is 0.956. The van der Waals surface area contributed by atoms with Gasteiger partial charge in [0.15, 0.2) is 0 Å². The molecule has 4 nitrogen and oxygen atoms in total. The molecule has 0 heterocycles. The molecule has 0 aliphatic rings. The second kappa shape index (κ2) is 8.64. The molecule has 0 fully saturated rings. The largest absolute Gasteiger partial charge is 0.497 e. The minimum Gasteiger partial charge on any atom is -0.497 e. The first-order valence-electron chi connectivity index (χ1n) is 6.35. The van der Waals surface area contributed by atoms with E-state index < -0.39 is 0 Å². The van der Waals surface area contributed by atoms with E-state index in [1.54, 1.807) is 14.2 Å². The predicted molar refractivity (Wildman–Crippen MR) is 73.8 cm³/mol. The number of nitrogens with one attached hydrogen (secondary N) is 1. The van der Waals surface area contributed by atoms with Crippen molar-refractivity contribution in [2.24, 2.45) is 0 Å². The molecule has 0 unspecified atom stereocenters. The lowest BCUT2D eigenvalue weighted by molar-refractivity contribution is 0.141. The van der Waals surface area contributed by atoms with E-state index in [0.717, 1.165) is 36.8 Å². The van der Waals surface area contributed by atoms with Crippen LogP contribution in [0.2, 0.25) is 0 Å². The summed E-state index contributed by atoms with van der Waals surface area (Å²) in [5, 5.41) is 3.29. The zero-order chi connectivity index (χ0) is 13.2. The first-order chi connectivity index (χ1) is 8.81. The third kappa shape index (κ3) is 4.84. The van der Waals surface area contributed by atoms with E-state index in [2.05, 4.69) is 12.2 Å². The lowest BCUT2D eigenvalue weighted by Gasteiger charge is -2.12. The highest BCUT2D eigenvalue weighted by Crippen LogP contribution is 2.28. The van der Waals surface area contributed by atoms with E-state index in [1.807, 2.05) is 18.2 Å². The molecule has 102 valence electrons. The zero-order valence-electron chi connectivity index (χ0n) is 11.5. The molecule has 0 aliphatic heterocycles. The first-order valence-corrected chi connectivity index (χ1v) is 6.35. The molecule has 0 radical (unpaired) electrons. The quantitative estimate of drug-likeness (QED) is 0.687. The van der Waals surface area contributed by atoms with Gasteiger partial charge in [0.05, 0.1) is 26.5 Å². The molecule has 0 bridgehead atoms. The molecule has 18 heavy (non-hydrogen) atoms. The number of methoxy groups -OCH3 is 2. The van der Waals surface area contributed by atoms with Crippen LogP contribution in [0.4, 0.5) is 5.69 Å². The molecule has 0 atom stereocenters. The fourth-order valence-corrected chi connectivity index (χ4v) is 1.55. The number of hydrogen-bond donors (Lipinski definition) is 1. The van der Waals surface area contributed by atoms with E-state index in [9.17, 15) is 0 Å². The highest BCUT2D eigenvalue weighted by Gasteiger charge is 2.03. The van der Waals surface area contributed by atoms with Crippen LogP contribution in [-0.2, 0) is 4.74 Å². The van der Waals surface area contributed by atoms with Crippen molar-refractivity contribution in [1.82, 2.24) is 0 Å². The van der Waals surface area contributed by atoms with Crippen molar-refractivity contribution in [3.8, 4) is 11.5 Å². The number of benzene rings is 1. The van der Waals surface area contributed by atoms with Gasteiger partial charge in [0.1, 0.15) is 11.5 Å². The van der Waals surface area contributed by atoms with E-state index in [-0.39, 0.29) is 0 Å². The van der Waals surface area contributed by atoms with Crippen LogP contribution >= 0.6 is 0 Å². The van der Waals surface area contributed by atoms with Gasteiger partial charge in [0.25, 0.3) is 0 Å². The van der Waals surface area contributed by atoms with Gasteiger partial charge in [-0.15, -0.1) is 0 Å². The third-order valence-electron chi connectivity index (χ3n) is 2.61. The summed E-state index contributed by atoms with van der Waals surface area (Å²) in [4.78, 5) is 0. The highest BCUT2D eigenvalue weighted by atomic mass is 16.5. The van der Waals surface area contributed by atoms with Crippen molar-refractivity contribution in [3.63, 3.8) is 0 Å². The van der Waals surface area contributed by atoms with Crippen LogP contribution in [0.25, 0.3) is 0 Å². The van der Waals surface area contributed by atoms with Gasteiger partial charge in [-0.1, -0.05) is 13.3 Å². The van der Waals surface area contributed by atoms with Gasteiger partial charge in [-0.3, -0.25) is 0 Å². The standard InChI is InChI=1S/C14H23NO3/c1-4-5-9-18-10-8-15-13-7-6-12(16-2)11-14(13)17-3/h6-7,11,15H,4-5,8-10H2,1-3H3. The van der Waals surface area contributed by atoms with Crippen LogP contribution in [0.15, 0.2) is 18.2 Å². The van der Waals surface area contributed by atoms with Crippen LogP contribution in [0.1, 0.15) is 19.8 Å². The van der Waals surface area contributed by atoms with E-state index >= 15 is 0 Å². The Balaban J connectivity index is 2.37. The van der Waals surface area contributed by atoms with Crippen molar-refractivity contribution in [3.05, 3.63) is 18.2 Å². The Bertz CT molecular complexity index is 342. The van der Waals surface area contributed by atoms with Gasteiger partial charge in [-0.25, -0.2) is 0 Å². The van der Waals surface area contributed by atoms with Crippen molar-refractivity contribution < 1.29 is 14.2 Å². The van der Waals surface area contributed by atoms with Gasteiger partial charge >= 0.3 is 0 Å². The molecule has 4 heteroatoms. The van der Waals surface area contributed by atoms with E-state index in [1.165, 1.54) is 6.42 Å². The molecule has 1 N–H and O–H groups in total. The summed E-state index contributed by atoms with van der Waals surface area (Å²) in [5.74, 6) is 1.57. The van der Waals surface area contributed by atoms with Crippen LogP contribution < -0.4 is 14.8 Å². The molecular weight excluding hydrogens is 230 g/mol. The number of hydrogen-bond acceptors (Lipinski definition) is 4. The van der Waals surface area contributed by atoms with Gasteiger partial charge < -0.3 is 19.5 Å². The van der Waals surface area contributed by atoms with Crippen molar-refractivity contribution in [2.45, 2.75) is 19.8 Å². The first kappa shape index (κ1) is 14.6. The van der Waals surface area contributed by atoms with Gasteiger partial charge in [-0.2, -0.15) is 0 Å². The normalized spacial score (nSPS) is 10.2. The molecule has 1 aromatic carbocycles. The Kier molecular flexibility index (Phi) is 7.03. The maximum absolute atomic E-state index is 5.49. The molecule has 0 saturated heterocycles. The monoisotopic (exact) mass is 253 g/mol. The SMILES string of the molecule is CCCCOCCNc1ccc(OC)cc1OC. The highest BCUT2D eigenvalue weighted by molar-refractivity contribution is 5.59. The van der Waals surface area contributed by atoms with Crippen LogP contribution in [0.5, 0.6) is 11.5 Å². The van der Waals surface area contributed by atoms with Crippen LogP contribution in [0.3, 0.4) is 0 Å². The zero-order valence-corrected chi connectivity index (χ0v) is 11.5. The molecule has 0 amide bonds. The summed E-state index contributed by atoms with van der Waals surface area (Å²) in [7, 11) is 3.29. The Morgan fingerprint density at radius 2 is 1.94 bits per heavy atom. The van der Waals surface area contributed by atoms with Crippen molar-refractivity contribution in [1.29, 1.82) is 0 Å². The van der Waals surface area contributed by atoms with Gasteiger partial charge in [0.2, 0.25) is 0 Å². The summed E-state index contributed by atoms with van der Waals surface area (Å²) < 4.78 is 15.9. The Hall–Kier alpha value is -1.42. The average molecular weight is 253 g/mol. The molecule has 0 spiro atoms.